The fourth-order valence-corrected chi connectivity index (χ4v) is 3.77. The highest BCUT2D eigenvalue weighted by atomic mass is 35.5. The van der Waals surface area contributed by atoms with E-state index in [9.17, 15) is 17.6 Å². The number of rotatable bonds is 7. The van der Waals surface area contributed by atoms with Crippen molar-refractivity contribution >= 4 is 33.2 Å². The lowest BCUT2D eigenvalue weighted by Gasteiger charge is -2.16. The Hall–Kier alpha value is -2.16. The van der Waals surface area contributed by atoms with Crippen LogP contribution in [0.1, 0.15) is 19.4 Å². The van der Waals surface area contributed by atoms with E-state index in [0.29, 0.717) is 17.9 Å². The topological polar surface area (TPSA) is 84.5 Å². The molecule has 0 spiro atoms. The molecule has 27 heavy (non-hydrogen) atoms. The Morgan fingerprint density at radius 1 is 1.26 bits per heavy atom. The van der Waals surface area contributed by atoms with Gasteiger partial charge < -0.3 is 10.1 Å². The molecule has 0 fully saturated rings. The zero-order valence-corrected chi connectivity index (χ0v) is 16.6. The van der Waals surface area contributed by atoms with E-state index in [4.69, 9.17) is 16.3 Å². The molecule has 1 amide bonds. The van der Waals surface area contributed by atoms with Crippen LogP contribution in [0.2, 0.25) is 5.02 Å². The minimum absolute atomic E-state index is 0.0995. The minimum atomic E-state index is -3.99. The summed E-state index contributed by atoms with van der Waals surface area (Å²) in [6.07, 6.45) is 0. The first-order chi connectivity index (χ1) is 12.6. The quantitative estimate of drug-likeness (QED) is 0.726. The third-order valence-electron chi connectivity index (χ3n) is 3.70. The Kier molecular flexibility index (Phi) is 6.80. The molecule has 0 aliphatic heterocycles. The summed E-state index contributed by atoms with van der Waals surface area (Å²) in [5.74, 6) is -0.761. The van der Waals surface area contributed by atoms with Crippen LogP contribution in [0.3, 0.4) is 0 Å². The first-order valence-electron chi connectivity index (χ1n) is 8.15. The van der Waals surface area contributed by atoms with Gasteiger partial charge in [-0.05, 0) is 56.7 Å². The third-order valence-corrected chi connectivity index (χ3v) is 5.53. The molecule has 6 nitrogen and oxygen atoms in total. The summed E-state index contributed by atoms with van der Waals surface area (Å²) < 4.78 is 45.9. The lowest BCUT2D eigenvalue weighted by atomic mass is 10.2. The smallest absolute Gasteiger partial charge is 0.242 e. The van der Waals surface area contributed by atoms with Gasteiger partial charge in [-0.1, -0.05) is 17.7 Å². The van der Waals surface area contributed by atoms with E-state index in [1.165, 1.54) is 43.3 Å². The maximum Gasteiger partial charge on any atom is 0.242 e. The highest BCUT2D eigenvalue weighted by Gasteiger charge is 2.23. The Bertz CT molecular complexity index is 950. The standard InChI is InChI=1S/C18H20ClFN2O4S/c1-4-26-17-8-7-14(10-15(17)19)27(24,25)22-12(3)18(23)21-16-9-13(20)6-5-11(16)2/h5-10,12,22H,4H2,1-3H3,(H,21,23)/t12-/m0/s1. The number of nitrogens with one attached hydrogen (secondary N) is 2. The lowest BCUT2D eigenvalue weighted by Crippen LogP contribution is -2.41. The van der Waals surface area contributed by atoms with Crippen molar-refractivity contribution in [3.63, 3.8) is 0 Å². The number of hydrogen-bond acceptors (Lipinski definition) is 4. The van der Waals surface area contributed by atoms with E-state index in [0.717, 1.165) is 0 Å². The van der Waals surface area contributed by atoms with Gasteiger partial charge in [0.2, 0.25) is 15.9 Å². The van der Waals surface area contributed by atoms with Crippen molar-refractivity contribution in [2.24, 2.45) is 0 Å². The number of carbonyl (C=O) groups is 1. The molecule has 0 radical (unpaired) electrons. The van der Waals surface area contributed by atoms with Crippen molar-refractivity contribution in [1.82, 2.24) is 4.72 Å². The van der Waals surface area contributed by atoms with Crippen molar-refractivity contribution in [3.8, 4) is 5.75 Å². The highest BCUT2D eigenvalue weighted by molar-refractivity contribution is 7.89. The van der Waals surface area contributed by atoms with Gasteiger partial charge in [-0.25, -0.2) is 12.8 Å². The monoisotopic (exact) mass is 414 g/mol. The van der Waals surface area contributed by atoms with Crippen molar-refractivity contribution in [2.45, 2.75) is 31.7 Å². The number of benzene rings is 2. The SMILES string of the molecule is CCOc1ccc(S(=O)(=O)N[C@@H](C)C(=O)Nc2cc(F)ccc2C)cc1Cl. The molecule has 0 aliphatic rings. The Labute approximate surface area is 162 Å². The summed E-state index contributed by atoms with van der Waals surface area (Å²) in [6.45, 7) is 5.26. The van der Waals surface area contributed by atoms with E-state index in [1.54, 1.807) is 13.8 Å². The van der Waals surface area contributed by atoms with Crippen LogP contribution in [0.4, 0.5) is 10.1 Å². The van der Waals surface area contributed by atoms with Crippen molar-refractivity contribution < 1.29 is 22.3 Å². The second-order valence-corrected chi connectivity index (χ2v) is 7.94. The minimum Gasteiger partial charge on any atom is -0.492 e. The van der Waals surface area contributed by atoms with Gasteiger partial charge in [0.15, 0.2) is 0 Å². The van der Waals surface area contributed by atoms with E-state index >= 15 is 0 Å². The van der Waals surface area contributed by atoms with Gasteiger partial charge in [-0.2, -0.15) is 4.72 Å². The van der Waals surface area contributed by atoms with Gasteiger partial charge in [0.25, 0.3) is 0 Å². The average Bonchev–Trinajstić information content (AvgIpc) is 2.59. The highest BCUT2D eigenvalue weighted by Crippen LogP contribution is 2.27. The van der Waals surface area contributed by atoms with Crippen LogP contribution in [-0.4, -0.2) is 27.0 Å². The van der Waals surface area contributed by atoms with Crippen LogP contribution in [0, 0.1) is 12.7 Å². The molecular weight excluding hydrogens is 395 g/mol. The average molecular weight is 415 g/mol. The summed E-state index contributed by atoms with van der Waals surface area (Å²) in [4.78, 5) is 12.2. The molecule has 2 aromatic rings. The third kappa shape index (κ3) is 5.41. The number of amides is 1. The first-order valence-corrected chi connectivity index (χ1v) is 10.0. The number of halogens is 2. The maximum absolute atomic E-state index is 13.3. The van der Waals surface area contributed by atoms with Gasteiger partial charge in [-0.3, -0.25) is 4.79 Å². The van der Waals surface area contributed by atoms with E-state index in [-0.39, 0.29) is 15.6 Å². The maximum atomic E-state index is 13.3. The van der Waals surface area contributed by atoms with Gasteiger partial charge in [0, 0.05) is 5.69 Å². The fourth-order valence-electron chi connectivity index (χ4n) is 2.25. The first kappa shape index (κ1) is 21.1. The number of ether oxygens (including phenoxy) is 1. The molecule has 0 aromatic heterocycles. The molecule has 1 atom stereocenters. The molecule has 2 aromatic carbocycles. The molecule has 0 unspecified atom stereocenters. The van der Waals surface area contributed by atoms with Gasteiger partial charge in [0.05, 0.1) is 22.6 Å². The summed E-state index contributed by atoms with van der Waals surface area (Å²) in [5.41, 5.74) is 0.924. The Balaban J connectivity index is 2.13. The molecule has 0 saturated carbocycles. The molecular formula is C18H20ClFN2O4S. The number of aryl methyl sites for hydroxylation is 1. The van der Waals surface area contributed by atoms with Crippen molar-refractivity contribution in [3.05, 3.63) is 52.8 Å². The summed E-state index contributed by atoms with van der Waals surface area (Å²) in [5, 5.41) is 2.66. The normalized spacial score (nSPS) is 12.5. The second-order valence-electron chi connectivity index (χ2n) is 5.82. The van der Waals surface area contributed by atoms with E-state index in [1.807, 2.05) is 0 Å². The van der Waals surface area contributed by atoms with Gasteiger partial charge in [0.1, 0.15) is 11.6 Å². The summed E-state index contributed by atoms with van der Waals surface area (Å²) >= 11 is 6.02. The molecule has 9 heteroatoms. The summed E-state index contributed by atoms with van der Waals surface area (Å²) in [6, 6.07) is 6.88. The van der Waals surface area contributed by atoms with Crippen LogP contribution < -0.4 is 14.8 Å². The van der Waals surface area contributed by atoms with Gasteiger partial charge in [-0.15, -0.1) is 0 Å². The van der Waals surface area contributed by atoms with Crippen LogP contribution >= 0.6 is 11.6 Å². The van der Waals surface area contributed by atoms with Crippen molar-refractivity contribution in [1.29, 1.82) is 0 Å². The predicted molar refractivity (Wildman–Crippen MR) is 102 cm³/mol. The number of hydrogen-bond donors (Lipinski definition) is 2. The zero-order valence-electron chi connectivity index (χ0n) is 15.0. The number of carbonyl (C=O) groups excluding carboxylic acids is 1. The zero-order chi connectivity index (χ0) is 20.2. The Morgan fingerprint density at radius 2 is 1.96 bits per heavy atom. The summed E-state index contributed by atoms with van der Waals surface area (Å²) in [7, 11) is -3.99. The molecule has 0 aliphatic carbocycles. The predicted octanol–water partition coefficient (Wildman–Crippen LogP) is 3.49. The molecule has 2 rings (SSSR count). The largest absolute Gasteiger partial charge is 0.492 e. The van der Waals surface area contributed by atoms with Gasteiger partial charge >= 0.3 is 0 Å². The molecule has 0 bridgehead atoms. The fraction of sp³-hybridized carbons (Fsp3) is 0.278. The van der Waals surface area contributed by atoms with Crippen LogP contribution in [-0.2, 0) is 14.8 Å². The van der Waals surface area contributed by atoms with Crippen LogP contribution in [0.15, 0.2) is 41.3 Å². The molecule has 2 N–H and O–H groups in total. The number of sulfonamides is 1. The lowest BCUT2D eigenvalue weighted by molar-refractivity contribution is -0.117. The number of anilines is 1. The van der Waals surface area contributed by atoms with Crippen molar-refractivity contribution in [2.75, 3.05) is 11.9 Å². The molecule has 0 saturated heterocycles. The molecule has 0 heterocycles. The second kappa shape index (κ2) is 8.69. The molecule has 146 valence electrons. The Morgan fingerprint density at radius 3 is 2.59 bits per heavy atom. The van der Waals surface area contributed by atoms with E-state index in [2.05, 4.69) is 10.0 Å². The van der Waals surface area contributed by atoms with E-state index < -0.39 is 27.8 Å². The van der Waals surface area contributed by atoms with Crippen LogP contribution in [0.25, 0.3) is 0 Å². The van der Waals surface area contributed by atoms with Crippen LogP contribution in [0.5, 0.6) is 5.75 Å².